The Morgan fingerprint density at radius 3 is 2.40 bits per heavy atom. The summed E-state index contributed by atoms with van der Waals surface area (Å²) < 4.78 is 0. The number of benzene rings is 1. The van der Waals surface area contributed by atoms with Gasteiger partial charge >= 0.3 is 0 Å². The van der Waals surface area contributed by atoms with Crippen molar-refractivity contribution < 1.29 is 0 Å². The Hall–Kier alpha value is -1.35. The molecule has 0 amide bonds. The van der Waals surface area contributed by atoms with E-state index in [2.05, 4.69) is 44.0 Å². The van der Waals surface area contributed by atoms with Gasteiger partial charge in [0.25, 0.3) is 0 Å². The molecule has 15 heavy (non-hydrogen) atoms. The topological polar surface area (TPSA) is 38.9 Å². The van der Waals surface area contributed by atoms with Crippen LogP contribution in [-0.2, 0) is 0 Å². The Morgan fingerprint density at radius 2 is 1.87 bits per heavy atom. The van der Waals surface area contributed by atoms with E-state index in [1.54, 1.807) is 11.3 Å². The highest BCUT2D eigenvalue weighted by Gasteiger charge is 2.08. The van der Waals surface area contributed by atoms with Crippen molar-refractivity contribution >= 4 is 16.5 Å². The lowest BCUT2D eigenvalue weighted by Crippen LogP contribution is -1.86. The van der Waals surface area contributed by atoms with E-state index in [9.17, 15) is 0 Å². The molecule has 0 bridgehead atoms. The van der Waals surface area contributed by atoms with Crippen LogP contribution >= 0.6 is 11.3 Å². The van der Waals surface area contributed by atoms with E-state index < -0.39 is 0 Å². The van der Waals surface area contributed by atoms with Crippen LogP contribution in [0, 0.1) is 20.8 Å². The third-order valence-corrected chi connectivity index (χ3v) is 3.39. The zero-order chi connectivity index (χ0) is 11.0. The molecule has 1 aromatic heterocycles. The maximum atomic E-state index is 5.69. The molecular formula is C12H14N2S. The minimum atomic E-state index is 0.640. The quantitative estimate of drug-likeness (QED) is 0.797. The van der Waals surface area contributed by atoms with Gasteiger partial charge in [-0.15, -0.1) is 11.3 Å². The van der Waals surface area contributed by atoms with Gasteiger partial charge in [0, 0.05) is 10.4 Å². The highest BCUT2D eigenvalue weighted by Crippen LogP contribution is 2.29. The van der Waals surface area contributed by atoms with E-state index in [1.807, 2.05) is 0 Å². The summed E-state index contributed by atoms with van der Waals surface area (Å²) in [6.45, 7) is 6.28. The smallest absolute Gasteiger partial charge is 0.180 e. The maximum Gasteiger partial charge on any atom is 0.180 e. The Labute approximate surface area is 93.8 Å². The summed E-state index contributed by atoms with van der Waals surface area (Å²) in [6.07, 6.45) is 0. The molecule has 0 aliphatic carbocycles. The number of nitrogens with two attached hydrogens (primary N) is 1. The van der Waals surface area contributed by atoms with Gasteiger partial charge in [-0.2, -0.15) is 0 Å². The van der Waals surface area contributed by atoms with Gasteiger partial charge in [0.2, 0.25) is 0 Å². The Balaban J connectivity index is 2.54. The molecule has 0 aliphatic heterocycles. The van der Waals surface area contributed by atoms with Crippen LogP contribution in [0.3, 0.4) is 0 Å². The lowest BCUT2D eigenvalue weighted by Gasteiger charge is -2.03. The van der Waals surface area contributed by atoms with Gasteiger partial charge < -0.3 is 5.73 Å². The predicted octanol–water partition coefficient (Wildman–Crippen LogP) is 3.32. The molecule has 0 saturated heterocycles. The summed E-state index contributed by atoms with van der Waals surface area (Å²) in [5, 5.41) is 0.640. The van der Waals surface area contributed by atoms with Crippen LogP contribution in [0.4, 0.5) is 5.13 Å². The van der Waals surface area contributed by atoms with Crippen molar-refractivity contribution in [3.63, 3.8) is 0 Å². The number of aryl methyl sites for hydroxylation is 3. The van der Waals surface area contributed by atoms with Gasteiger partial charge in [-0.1, -0.05) is 12.1 Å². The van der Waals surface area contributed by atoms with Gasteiger partial charge in [-0.3, -0.25) is 0 Å². The normalized spacial score (nSPS) is 10.6. The first-order valence-electron chi connectivity index (χ1n) is 4.88. The van der Waals surface area contributed by atoms with Crippen molar-refractivity contribution in [1.29, 1.82) is 0 Å². The lowest BCUT2D eigenvalue weighted by molar-refractivity contribution is 1.31. The number of nitrogen functional groups attached to an aromatic ring is 1. The Bertz CT molecular complexity index is 500. The zero-order valence-corrected chi connectivity index (χ0v) is 9.98. The van der Waals surface area contributed by atoms with E-state index in [-0.39, 0.29) is 0 Å². The fourth-order valence-corrected chi connectivity index (χ4v) is 2.28. The van der Waals surface area contributed by atoms with Crippen LogP contribution in [-0.4, -0.2) is 4.98 Å². The molecule has 1 heterocycles. The third-order valence-electron chi connectivity index (χ3n) is 2.59. The molecule has 0 fully saturated rings. The highest BCUT2D eigenvalue weighted by atomic mass is 32.1. The van der Waals surface area contributed by atoms with E-state index in [0.717, 1.165) is 11.3 Å². The van der Waals surface area contributed by atoms with Crippen molar-refractivity contribution in [2.45, 2.75) is 20.8 Å². The number of hydrogen-bond acceptors (Lipinski definition) is 3. The first kappa shape index (κ1) is 10.2. The van der Waals surface area contributed by atoms with Crippen molar-refractivity contribution in [3.05, 3.63) is 34.2 Å². The number of nitrogens with zero attached hydrogens (tertiary/aromatic N) is 1. The highest BCUT2D eigenvalue weighted by molar-refractivity contribution is 7.15. The van der Waals surface area contributed by atoms with Crippen molar-refractivity contribution in [2.75, 3.05) is 5.73 Å². The predicted molar refractivity (Wildman–Crippen MR) is 66.2 cm³/mol. The standard InChI is InChI=1S/C12H14N2S/c1-7-4-5-10(6-8(7)2)11-9(3)15-12(13)14-11/h4-6H,1-3H3,(H2,13,14). The summed E-state index contributed by atoms with van der Waals surface area (Å²) in [7, 11) is 0. The number of hydrogen-bond donors (Lipinski definition) is 1. The van der Waals surface area contributed by atoms with Gasteiger partial charge in [0.05, 0.1) is 5.69 Å². The average molecular weight is 218 g/mol. The van der Waals surface area contributed by atoms with E-state index in [4.69, 9.17) is 5.73 Å². The molecule has 0 aliphatic rings. The second-order valence-corrected chi connectivity index (χ2v) is 4.99. The second-order valence-electron chi connectivity index (χ2n) is 3.76. The molecule has 0 radical (unpaired) electrons. The zero-order valence-electron chi connectivity index (χ0n) is 9.16. The molecule has 0 spiro atoms. The molecule has 2 rings (SSSR count). The van der Waals surface area contributed by atoms with Crippen molar-refractivity contribution in [3.8, 4) is 11.3 Å². The van der Waals surface area contributed by atoms with Crippen molar-refractivity contribution in [1.82, 2.24) is 4.98 Å². The average Bonchev–Trinajstić information content (AvgIpc) is 2.50. The molecule has 0 unspecified atom stereocenters. The molecule has 1 aromatic carbocycles. The minimum absolute atomic E-state index is 0.640. The number of anilines is 1. The van der Waals surface area contributed by atoms with Crippen LogP contribution < -0.4 is 5.73 Å². The molecule has 78 valence electrons. The summed E-state index contributed by atoms with van der Waals surface area (Å²) in [6, 6.07) is 6.39. The van der Waals surface area contributed by atoms with Crippen LogP contribution in [0.5, 0.6) is 0 Å². The second kappa shape index (κ2) is 3.66. The maximum absolute atomic E-state index is 5.69. The van der Waals surface area contributed by atoms with E-state index >= 15 is 0 Å². The van der Waals surface area contributed by atoms with Gasteiger partial charge in [-0.05, 0) is 38.0 Å². The SMILES string of the molecule is Cc1ccc(-c2nc(N)sc2C)cc1C. The van der Waals surface area contributed by atoms with E-state index in [0.29, 0.717) is 5.13 Å². The first-order valence-corrected chi connectivity index (χ1v) is 5.70. The number of thiazole rings is 1. The Kier molecular flexibility index (Phi) is 2.49. The van der Waals surface area contributed by atoms with Crippen LogP contribution in [0.15, 0.2) is 18.2 Å². The Morgan fingerprint density at radius 1 is 1.13 bits per heavy atom. The van der Waals surface area contributed by atoms with Crippen molar-refractivity contribution in [2.24, 2.45) is 0 Å². The lowest BCUT2D eigenvalue weighted by atomic mass is 10.0. The van der Waals surface area contributed by atoms with Gasteiger partial charge in [-0.25, -0.2) is 4.98 Å². The molecule has 3 heteroatoms. The molecule has 2 N–H and O–H groups in total. The minimum Gasteiger partial charge on any atom is -0.375 e. The summed E-state index contributed by atoms with van der Waals surface area (Å²) >= 11 is 1.54. The van der Waals surface area contributed by atoms with Crippen LogP contribution in [0.2, 0.25) is 0 Å². The summed E-state index contributed by atoms with van der Waals surface area (Å²) in [5.41, 5.74) is 10.5. The summed E-state index contributed by atoms with van der Waals surface area (Å²) in [5.74, 6) is 0. The van der Waals surface area contributed by atoms with Gasteiger partial charge in [0.1, 0.15) is 0 Å². The van der Waals surface area contributed by atoms with Crippen LogP contribution in [0.25, 0.3) is 11.3 Å². The largest absolute Gasteiger partial charge is 0.375 e. The summed E-state index contributed by atoms with van der Waals surface area (Å²) in [4.78, 5) is 5.52. The van der Waals surface area contributed by atoms with Gasteiger partial charge in [0.15, 0.2) is 5.13 Å². The molecular weight excluding hydrogens is 204 g/mol. The number of aromatic nitrogens is 1. The molecule has 2 aromatic rings. The fraction of sp³-hybridized carbons (Fsp3) is 0.250. The number of rotatable bonds is 1. The fourth-order valence-electron chi connectivity index (χ4n) is 1.57. The first-order chi connectivity index (χ1) is 7.08. The molecule has 0 atom stereocenters. The van der Waals surface area contributed by atoms with Crippen LogP contribution in [0.1, 0.15) is 16.0 Å². The third kappa shape index (κ3) is 1.88. The molecule has 2 nitrogen and oxygen atoms in total. The monoisotopic (exact) mass is 218 g/mol. The molecule has 0 saturated carbocycles. The van der Waals surface area contributed by atoms with E-state index in [1.165, 1.54) is 16.0 Å².